The van der Waals surface area contributed by atoms with Gasteiger partial charge in [0.05, 0.1) is 12.2 Å². The molecule has 100 valence electrons. The highest BCUT2D eigenvalue weighted by atomic mass is 31.1. The average molecular weight is 278 g/mol. The molecule has 0 spiro atoms. The Balaban J connectivity index is 4.02. The van der Waals surface area contributed by atoms with E-state index in [4.69, 9.17) is 5.90 Å². The fourth-order valence-corrected chi connectivity index (χ4v) is 1.00. The molecule has 0 aromatic rings. The minimum absolute atomic E-state index is 0.0683. The van der Waals surface area contributed by atoms with Gasteiger partial charge in [0.15, 0.2) is 0 Å². The first kappa shape index (κ1) is 16.2. The van der Waals surface area contributed by atoms with Crippen molar-refractivity contribution < 1.29 is 33.1 Å². The van der Waals surface area contributed by atoms with Crippen molar-refractivity contribution in [2.24, 2.45) is 11.8 Å². The van der Waals surface area contributed by atoms with Crippen LogP contribution in [0, 0.1) is 0 Å². The summed E-state index contributed by atoms with van der Waals surface area (Å²) in [7, 11) is -0.989. The Morgan fingerprint density at radius 3 is 2.06 bits per heavy atom. The number of rotatable bonds is 7. The largest absolute Gasteiger partial charge is 0.405 e. The predicted molar refractivity (Wildman–Crippen MR) is 59.2 cm³/mol. The van der Waals surface area contributed by atoms with Gasteiger partial charge in [-0.3, -0.25) is 4.84 Å². The molecule has 4 N–H and O–H groups in total. The molecule has 0 bridgehead atoms. The topological polar surface area (TPSA) is 140 Å². The Bertz CT molecular complexity index is 382. The number of hydrogen-bond donors (Lipinski definition) is 2. The van der Waals surface area contributed by atoms with Crippen LogP contribution in [0.4, 0.5) is 0 Å². The molecule has 0 saturated carbocycles. The lowest BCUT2D eigenvalue weighted by Gasteiger charge is -2.06. The summed E-state index contributed by atoms with van der Waals surface area (Å²) in [6, 6.07) is 0. The van der Waals surface area contributed by atoms with Crippen molar-refractivity contribution in [1.82, 2.24) is 0 Å². The molecule has 9 nitrogen and oxygen atoms in total. The third-order valence-corrected chi connectivity index (χ3v) is 1.95. The highest BCUT2D eigenvalue weighted by molar-refractivity contribution is 7.27. The highest BCUT2D eigenvalue weighted by Crippen LogP contribution is 2.18. The van der Waals surface area contributed by atoms with Crippen LogP contribution in [0.3, 0.4) is 0 Å². The maximum absolute atomic E-state index is 11.1. The average Bonchev–Trinajstić information content (AvgIpc) is 2.36. The van der Waals surface area contributed by atoms with Crippen LogP contribution >= 0.6 is 9.03 Å². The minimum atomic E-state index is -1.16. The number of carbonyl (C=O) groups is 3. The number of nitrogens with two attached hydrogens (primary N) is 2. The Labute approximate surface area is 104 Å². The lowest BCUT2D eigenvalue weighted by molar-refractivity contribution is -0.143. The van der Waals surface area contributed by atoms with Gasteiger partial charge in [-0.25, -0.2) is 20.3 Å². The van der Waals surface area contributed by atoms with Crippen LogP contribution in [0.1, 0.15) is 0 Å². The summed E-state index contributed by atoms with van der Waals surface area (Å²) in [5.74, 6) is 6.08. The molecule has 0 aromatic carbocycles. The molecule has 18 heavy (non-hydrogen) atoms. The van der Waals surface area contributed by atoms with Crippen molar-refractivity contribution in [3.63, 3.8) is 0 Å². The SMILES string of the molecule is C=C(CON)C(=O)OPOC(=O)C(=C)C(=O)ON. The molecular weight excluding hydrogens is 267 g/mol. The van der Waals surface area contributed by atoms with Gasteiger partial charge in [-0.15, -0.1) is 0 Å². The highest BCUT2D eigenvalue weighted by Gasteiger charge is 2.19. The predicted octanol–water partition coefficient (Wildman–Crippen LogP) is -0.999. The maximum atomic E-state index is 11.1. The zero-order valence-electron chi connectivity index (χ0n) is 9.13. The Morgan fingerprint density at radius 1 is 1.00 bits per heavy atom. The van der Waals surface area contributed by atoms with Gasteiger partial charge in [0.25, 0.3) is 9.03 Å². The van der Waals surface area contributed by atoms with Crippen LogP contribution < -0.4 is 11.8 Å². The van der Waals surface area contributed by atoms with E-state index in [0.29, 0.717) is 0 Å². The smallest absolute Gasteiger partial charge is 0.363 e. The lowest BCUT2D eigenvalue weighted by atomic mass is 10.3. The first-order valence-electron chi connectivity index (χ1n) is 4.20. The van der Waals surface area contributed by atoms with E-state index in [1.54, 1.807) is 0 Å². The molecule has 1 unspecified atom stereocenters. The van der Waals surface area contributed by atoms with E-state index in [2.05, 4.69) is 37.8 Å². The molecule has 0 rings (SSSR count). The van der Waals surface area contributed by atoms with E-state index in [9.17, 15) is 14.4 Å². The molecule has 0 aliphatic carbocycles. The molecule has 0 amide bonds. The van der Waals surface area contributed by atoms with Gasteiger partial charge in [0.1, 0.15) is 5.57 Å². The summed E-state index contributed by atoms with van der Waals surface area (Å²) in [4.78, 5) is 40.8. The lowest BCUT2D eigenvalue weighted by Crippen LogP contribution is -2.18. The van der Waals surface area contributed by atoms with Gasteiger partial charge in [0, 0.05) is 0 Å². The van der Waals surface area contributed by atoms with E-state index in [1.165, 1.54) is 0 Å². The van der Waals surface area contributed by atoms with Crippen LogP contribution in [-0.4, -0.2) is 24.5 Å². The summed E-state index contributed by atoms with van der Waals surface area (Å²) in [6.45, 7) is 6.13. The van der Waals surface area contributed by atoms with E-state index in [-0.39, 0.29) is 12.2 Å². The van der Waals surface area contributed by atoms with Crippen LogP contribution in [-0.2, 0) is 33.1 Å². The van der Waals surface area contributed by atoms with Gasteiger partial charge in [-0.05, 0) is 0 Å². The molecule has 0 aromatic heterocycles. The minimum Gasteiger partial charge on any atom is -0.405 e. The maximum Gasteiger partial charge on any atom is 0.363 e. The van der Waals surface area contributed by atoms with Crippen molar-refractivity contribution in [2.75, 3.05) is 6.61 Å². The van der Waals surface area contributed by atoms with Crippen molar-refractivity contribution in [3.8, 4) is 0 Å². The quantitative estimate of drug-likeness (QED) is 0.197. The van der Waals surface area contributed by atoms with Crippen LogP contribution in [0.15, 0.2) is 24.3 Å². The fraction of sp³-hybridized carbons (Fsp3) is 0.125. The van der Waals surface area contributed by atoms with Gasteiger partial charge in [-0.2, -0.15) is 5.90 Å². The molecule has 0 radical (unpaired) electrons. The molecular formula is C8H11N2O7P. The van der Waals surface area contributed by atoms with Gasteiger partial charge < -0.3 is 13.9 Å². The van der Waals surface area contributed by atoms with Crippen molar-refractivity contribution in [3.05, 3.63) is 24.3 Å². The summed E-state index contributed by atoms with van der Waals surface area (Å²) in [5, 5.41) is 0. The fourth-order valence-electron chi connectivity index (χ4n) is 0.544. The second-order valence-corrected chi connectivity index (χ2v) is 3.24. The normalized spacial score (nSPS) is 9.89. The molecule has 0 aliphatic heterocycles. The second-order valence-electron chi connectivity index (χ2n) is 2.66. The number of hydrogen-bond acceptors (Lipinski definition) is 9. The van der Waals surface area contributed by atoms with Crippen LogP contribution in [0.25, 0.3) is 0 Å². The number of carbonyl (C=O) groups excluding carboxylic acids is 3. The Kier molecular flexibility index (Phi) is 7.48. The third kappa shape index (κ3) is 5.51. The van der Waals surface area contributed by atoms with Gasteiger partial charge >= 0.3 is 17.9 Å². The van der Waals surface area contributed by atoms with E-state index < -0.39 is 32.5 Å². The molecule has 0 saturated heterocycles. The van der Waals surface area contributed by atoms with Crippen LogP contribution in [0.2, 0.25) is 0 Å². The molecule has 0 fully saturated rings. The summed E-state index contributed by atoms with van der Waals surface area (Å²) in [6.07, 6.45) is 0. The van der Waals surface area contributed by atoms with E-state index in [1.807, 2.05) is 0 Å². The standard InChI is InChI=1S/C8H11N2O7P/c1-4(3-14-9)6(11)16-18-17-8(13)5(2)7(12)15-10/h18H,1-3,9-10H2. The summed E-state index contributed by atoms with van der Waals surface area (Å²) >= 11 is 0. The zero-order chi connectivity index (χ0) is 14.1. The third-order valence-electron chi connectivity index (χ3n) is 1.41. The molecule has 0 heterocycles. The van der Waals surface area contributed by atoms with E-state index in [0.717, 1.165) is 0 Å². The molecule has 1 atom stereocenters. The van der Waals surface area contributed by atoms with Crippen LogP contribution in [0.5, 0.6) is 0 Å². The second kappa shape index (κ2) is 8.31. The summed E-state index contributed by atoms with van der Waals surface area (Å²) < 4.78 is 8.88. The van der Waals surface area contributed by atoms with E-state index >= 15 is 0 Å². The van der Waals surface area contributed by atoms with Crippen molar-refractivity contribution >= 4 is 26.9 Å². The van der Waals surface area contributed by atoms with Crippen molar-refractivity contribution in [1.29, 1.82) is 0 Å². The summed E-state index contributed by atoms with van der Waals surface area (Å²) in [5.41, 5.74) is -0.702. The first-order chi connectivity index (χ1) is 8.43. The molecule has 10 heteroatoms. The zero-order valence-corrected chi connectivity index (χ0v) is 10.1. The monoisotopic (exact) mass is 278 g/mol. The Hall–Kier alpha value is -1.80. The first-order valence-corrected chi connectivity index (χ1v) is 5.02. The van der Waals surface area contributed by atoms with Gasteiger partial charge in [-0.1, -0.05) is 13.2 Å². The van der Waals surface area contributed by atoms with Crippen molar-refractivity contribution in [2.45, 2.75) is 0 Å². The Morgan fingerprint density at radius 2 is 1.56 bits per heavy atom. The van der Waals surface area contributed by atoms with Gasteiger partial charge in [0.2, 0.25) is 0 Å². The molecule has 0 aliphatic rings.